The van der Waals surface area contributed by atoms with Crippen LogP contribution in [-0.2, 0) is 4.57 Å². The maximum absolute atomic E-state index is 11.9. The highest BCUT2D eigenvalue weighted by molar-refractivity contribution is 8.07. The van der Waals surface area contributed by atoms with Gasteiger partial charge in [-0.05, 0) is 72.4 Å². The molecule has 0 fully saturated rings. The van der Waals surface area contributed by atoms with Gasteiger partial charge in [-0.25, -0.2) is 4.79 Å². The molecule has 0 unspecified atom stereocenters. The Hall–Kier alpha value is -1.03. The van der Waals surface area contributed by atoms with Crippen LogP contribution in [-0.4, -0.2) is 9.49 Å². The lowest BCUT2D eigenvalue weighted by Crippen LogP contribution is -2.11. The number of aryl methyl sites for hydroxylation is 2. The van der Waals surface area contributed by atoms with Gasteiger partial charge in [-0.3, -0.25) is 9.09 Å². The zero-order valence-electron chi connectivity index (χ0n) is 11.4. The van der Waals surface area contributed by atoms with E-state index in [4.69, 9.17) is 22.5 Å². The van der Waals surface area contributed by atoms with E-state index in [9.17, 15) is 9.36 Å². The Bertz CT molecular complexity index is 762. The quantitative estimate of drug-likeness (QED) is 0.773. The molecule has 0 aliphatic heterocycles. The zero-order chi connectivity index (χ0) is 15.2. The van der Waals surface area contributed by atoms with Crippen molar-refractivity contribution in [3.05, 3.63) is 38.9 Å². The average molecular weight is 335 g/mol. The van der Waals surface area contributed by atoms with Crippen molar-refractivity contribution in [2.45, 2.75) is 27.7 Å². The molecule has 1 aromatic carbocycles. The molecule has 1 aromatic heterocycles. The van der Waals surface area contributed by atoms with Crippen molar-refractivity contribution in [1.29, 1.82) is 0 Å². The lowest BCUT2D eigenvalue weighted by atomic mass is 9.94. The van der Waals surface area contributed by atoms with E-state index < -0.39 is 11.8 Å². The van der Waals surface area contributed by atoms with E-state index >= 15 is 0 Å². The second kappa shape index (κ2) is 5.06. The van der Waals surface area contributed by atoms with Crippen molar-refractivity contribution in [2.75, 3.05) is 0 Å². The molecule has 2 aromatic rings. The monoisotopic (exact) mass is 334 g/mol. The number of hydrogen-bond acceptors (Lipinski definition) is 4. The third-order valence-electron chi connectivity index (χ3n) is 3.41. The summed E-state index contributed by atoms with van der Waals surface area (Å²) in [5.74, 6) is -4.74. The van der Waals surface area contributed by atoms with Gasteiger partial charge in [0.1, 0.15) is 0 Å². The number of rotatable bonds is 2. The standard InChI is InChI=1S/C12H13Cl2N2O3P/c1-6-5-7(2)9(4)10(8(6)3)11-15-19-12(17)16(11)20(13,14)18/h5H,1-4H3. The molecule has 0 saturated heterocycles. The molecule has 0 spiro atoms. The Morgan fingerprint density at radius 1 is 1.15 bits per heavy atom. The molecule has 8 heteroatoms. The first-order chi connectivity index (χ1) is 9.14. The molecule has 0 aliphatic carbocycles. The Kier molecular flexibility index (Phi) is 3.89. The Labute approximate surface area is 125 Å². The predicted molar refractivity (Wildman–Crippen MR) is 79.9 cm³/mol. The fourth-order valence-electron chi connectivity index (χ4n) is 2.16. The molecule has 0 radical (unpaired) electrons. The van der Waals surface area contributed by atoms with Crippen LogP contribution in [0.1, 0.15) is 22.3 Å². The molecule has 0 saturated carbocycles. The molecule has 0 atom stereocenters. The van der Waals surface area contributed by atoms with Gasteiger partial charge < -0.3 is 0 Å². The van der Waals surface area contributed by atoms with Crippen molar-refractivity contribution in [3.8, 4) is 11.4 Å². The molecule has 0 aliphatic rings. The van der Waals surface area contributed by atoms with Crippen molar-refractivity contribution >= 4 is 28.5 Å². The van der Waals surface area contributed by atoms with Gasteiger partial charge in [0.25, 0.3) is 0 Å². The van der Waals surface area contributed by atoms with E-state index in [1.807, 2.05) is 33.8 Å². The third-order valence-corrected chi connectivity index (χ3v) is 5.13. The lowest BCUT2D eigenvalue weighted by molar-refractivity contribution is 0.385. The van der Waals surface area contributed by atoms with Crippen LogP contribution in [0.25, 0.3) is 11.4 Å². The normalized spacial score (nSPS) is 11.9. The summed E-state index contributed by atoms with van der Waals surface area (Å²) in [6.07, 6.45) is 0. The molecular formula is C12H13Cl2N2O3P. The molecular weight excluding hydrogens is 322 g/mol. The van der Waals surface area contributed by atoms with Gasteiger partial charge in [-0.1, -0.05) is 11.2 Å². The van der Waals surface area contributed by atoms with Crippen molar-refractivity contribution < 1.29 is 9.09 Å². The minimum absolute atomic E-state index is 0.0881. The van der Waals surface area contributed by atoms with E-state index in [1.54, 1.807) is 0 Å². The van der Waals surface area contributed by atoms with Crippen molar-refractivity contribution in [2.24, 2.45) is 0 Å². The first-order valence-electron chi connectivity index (χ1n) is 5.81. The number of nitrogens with zero attached hydrogens (tertiary/aromatic N) is 2. The molecule has 20 heavy (non-hydrogen) atoms. The van der Waals surface area contributed by atoms with E-state index in [2.05, 4.69) is 9.68 Å². The maximum atomic E-state index is 11.9. The first kappa shape index (κ1) is 15.4. The summed E-state index contributed by atoms with van der Waals surface area (Å²) in [6.45, 7) is 7.64. The zero-order valence-corrected chi connectivity index (χ0v) is 13.8. The largest absolute Gasteiger partial charge is 0.449 e. The number of aromatic nitrogens is 2. The maximum Gasteiger partial charge on any atom is 0.449 e. The highest BCUT2D eigenvalue weighted by Crippen LogP contribution is 2.58. The van der Waals surface area contributed by atoms with Gasteiger partial charge in [-0.2, -0.15) is 4.34 Å². The molecule has 0 bridgehead atoms. The van der Waals surface area contributed by atoms with Crippen LogP contribution >= 0.6 is 28.5 Å². The van der Waals surface area contributed by atoms with E-state index in [0.29, 0.717) is 9.90 Å². The van der Waals surface area contributed by atoms with Gasteiger partial charge in [0.05, 0.1) is 0 Å². The second-order valence-corrected chi connectivity index (χ2v) is 9.19. The van der Waals surface area contributed by atoms with Crippen LogP contribution in [0.5, 0.6) is 0 Å². The summed E-state index contributed by atoms with van der Waals surface area (Å²) < 4.78 is 17.2. The molecule has 108 valence electrons. The minimum Gasteiger partial charge on any atom is -0.295 e. The molecule has 0 N–H and O–H groups in total. The first-order valence-corrected chi connectivity index (χ1v) is 9.28. The Morgan fingerprint density at radius 3 is 2.10 bits per heavy atom. The Balaban J connectivity index is 2.91. The van der Waals surface area contributed by atoms with Gasteiger partial charge in [0, 0.05) is 5.56 Å². The molecule has 2 rings (SSSR count). The topological polar surface area (TPSA) is 65.1 Å². The summed E-state index contributed by atoms with van der Waals surface area (Å²) in [7, 11) is 0. The molecule has 5 nitrogen and oxygen atoms in total. The number of halogens is 2. The molecule has 1 heterocycles. The van der Waals surface area contributed by atoms with Gasteiger partial charge >= 0.3 is 11.8 Å². The Morgan fingerprint density at radius 2 is 1.65 bits per heavy atom. The van der Waals surface area contributed by atoms with Crippen LogP contribution < -0.4 is 5.76 Å². The van der Waals surface area contributed by atoms with Gasteiger partial charge in [-0.15, -0.1) is 0 Å². The fraction of sp³-hybridized carbons (Fsp3) is 0.333. The third kappa shape index (κ3) is 2.46. The number of hydrogen-bond donors (Lipinski definition) is 0. The van der Waals surface area contributed by atoms with Crippen LogP contribution in [0, 0.1) is 27.7 Å². The highest BCUT2D eigenvalue weighted by Gasteiger charge is 2.29. The van der Waals surface area contributed by atoms with E-state index in [1.165, 1.54) is 0 Å². The van der Waals surface area contributed by atoms with E-state index in [0.717, 1.165) is 22.3 Å². The van der Waals surface area contributed by atoms with Crippen LogP contribution in [0.2, 0.25) is 0 Å². The SMILES string of the molecule is Cc1cc(C)c(C)c(-c2noc(=O)n2P(=O)(Cl)Cl)c1C. The lowest BCUT2D eigenvalue weighted by Gasteiger charge is -2.14. The van der Waals surface area contributed by atoms with Crippen molar-refractivity contribution in [1.82, 2.24) is 9.49 Å². The summed E-state index contributed by atoms with van der Waals surface area (Å²) >= 11 is 11.3. The second-order valence-electron chi connectivity index (χ2n) is 4.65. The van der Waals surface area contributed by atoms with Crippen LogP contribution in [0.4, 0.5) is 0 Å². The van der Waals surface area contributed by atoms with Crippen molar-refractivity contribution in [3.63, 3.8) is 0 Å². The van der Waals surface area contributed by atoms with Crippen LogP contribution in [0.3, 0.4) is 0 Å². The van der Waals surface area contributed by atoms with Gasteiger partial charge in [0.15, 0.2) is 5.82 Å². The van der Waals surface area contributed by atoms with Crippen LogP contribution in [0.15, 0.2) is 15.4 Å². The fourth-order valence-corrected chi connectivity index (χ4v) is 3.54. The van der Waals surface area contributed by atoms with Gasteiger partial charge in [0.2, 0.25) is 0 Å². The summed E-state index contributed by atoms with van der Waals surface area (Å²) in [4.78, 5) is 11.6. The smallest absolute Gasteiger partial charge is 0.295 e. The van der Waals surface area contributed by atoms with E-state index in [-0.39, 0.29) is 5.82 Å². The summed E-state index contributed by atoms with van der Waals surface area (Å²) in [5.41, 5.74) is 4.50. The summed E-state index contributed by atoms with van der Waals surface area (Å²) in [5, 5.41) is 3.69. The molecule has 0 amide bonds. The average Bonchev–Trinajstić information content (AvgIpc) is 2.69. The minimum atomic E-state index is -3.89. The highest BCUT2D eigenvalue weighted by atomic mass is 35.9. The summed E-state index contributed by atoms with van der Waals surface area (Å²) in [6, 6.07) is 2.03. The number of benzene rings is 1. The predicted octanol–water partition coefficient (Wildman–Crippen LogP) is 4.17.